The summed E-state index contributed by atoms with van der Waals surface area (Å²) in [5.41, 5.74) is 5.49. The molecule has 0 amide bonds. The van der Waals surface area contributed by atoms with E-state index in [4.69, 9.17) is 10.8 Å². The van der Waals surface area contributed by atoms with Gasteiger partial charge in [0.15, 0.2) is 6.23 Å². The van der Waals surface area contributed by atoms with E-state index in [-0.39, 0.29) is 5.57 Å². The lowest BCUT2D eigenvalue weighted by Gasteiger charge is -2.14. The van der Waals surface area contributed by atoms with Crippen LogP contribution >= 0.6 is 0 Å². The van der Waals surface area contributed by atoms with Crippen molar-refractivity contribution < 1.29 is 14.6 Å². The molecule has 0 aromatic heterocycles. The lowest BCUT2D eigenvalue weighted by molar-refractivity contribution is -0.149. The summed E-state index contributed by atoms with van der Waals surface area (Å²) in [5.74, 6) is -0.585. The minimum atomic E-state index is -0.973. The number of nitrogens with two attached hydrogens (primary N) is 1. The molecule has 0 bridgehead atoms. The van der Waals surface area contributed by atoms with Crippen molar-refractivity contribution in [2.24, 2.45) is 5.73 Å². The van der Waals surface area contributed by atoms with Gasteiger partial charge in [0.25, 0.3) is 0 Å². The third-order valence-corrected chi connectivity index (χ3v) is 1.07. The Morgan fingerprint density at radius 3 is 2.45 bits per heavy atom. The number of aliphatic hydroxyl groups is 1. The molecule has 0 saturated heterocycles. The predicted molar refractivity (Wildman–Crippen MR) is 40.6 cm³/mol. The Morgan fingerprint density at radius 1 is 1.73 bits per heavy atom. The normalized spacial score (nSPS) is 15.3. The zero-order chi connectivity index (χ0) is 9.02. The van der Waals surface area contributed by atoms with Crippen molar-refractivity contribution in [1.29, 1.82) is 0 Å². The molecule has 0 rings (SSSR count). The van der Waals surface area contributed by atoms with Crippen LogP contribution in [0.2, 0.25) is 0 Å². The highest BCUT2D eigenvalue weighted by Gasteiger charge is 2.14. The number of aliphatic hydroxyl groups excluding tert-OH is 1. The molecule has 11 heavy (non-hydrogen) atoms. The molecule has 0 aliphatic rings. The van der Waals surface area contributed by atoms with Crippen LogP contribution < -0.4 is 5.73 Å². The van der Waals surface area contributed by atoms with Crippen molar-refractivity contribution in [3.8, 4) is 0 Å². The van der Waals surface area contributed by atoms with Crippen molar-refractivity contribution >= 4 is 5.97 Å². The van der Waals surface area contributed by atoms with E-state index in [2.05, 4.69) is 11.3 Å². The third kappa shape index (κ3) is 3.75. The molecule has 64 valence electrons. The molecule has 0 spiro atoms. The number of ether oxygens (including phenoxy) is 1. The molecule has 0 heterocycles. The number of hydrogen-bond acceptors (Lipinski definition) is 4. The Kier molecular flexibility index (Phi) is 3.78. The van der Waals surface area contributed by atoms with Crippen LogP contribution in [0.3, 0.4) is 0 Å². The quantitative estimate of drug-likeness (QED) is 0.339. The zero-order valence-electron chi connectivity index (χ0n) is 6.70. The van der Waals surface area contributed by atoms with Gasteiger partial charge in [-0.2, -0.15) is 0 Å². The van der Waals surface area contributed by atoms with E-state index >= 15 is 0 Å². The standard InChI is InChI=1S/C7H13NO3/c1-4(2)7(10)11-6(8)5(3)9/h5-6,9H,1,8H2,2-3H3. The van der Waals surface area contributed by atoms with E-state index in [1.807, 2.05) is 0 Å². The van der Waals surface area contributed by atoms with Gasteiger partial charge in [-0.3, -0.25) is 5.73 Å². The summed E-state index contributed by atoms with van der Waals surface area (Å²) in [6.45, 7) is 6.31. The largest absolute Gasteiger partial charge is 0.441 e. The van der Waals surface area contributed by atoms with E-state index in [0.717, 1.165) is 0 Å². The van der Waals surface area contributed by atoms with Gasteiger partial charge in [0, 0.05) is 5.57 Å². The second-order valence-electron chi connectivity index (χ2n) is 2.39. The van der Waals surface area contributed by atoms with Gasteiger partial charge in [-0.15, -0.1) is 0 Å². The van der Waals surface area contributed by atoms with E-state index in [1.165, 1.54) is 13.8 Å². The fraction of sp³-hybridized carbons (Fsp3) is 0.571. The Balaban J connectivity index is 3.85. The van der Waals surface area contributed by atoms with Crippen LogP contribution in [0.25, 0.3) is 0 Å². The highest BCUT2D eigenvalue weighted by Crippen LogP contribution is 1.97. The fourth-order valence-corrected chi connectivity index (χ4v) is 0.323. The van der Waals surface area contributed by atoms with Gasteiger partial charge < -0.3 is 9.84 Å². The predicted octanol–water partition coefficient (Wildman–Crippen LogP) is -0.229. The van der Waals surface area contributed by atoms with Gasteiger partial charge in [-0.25, -0.2) is 4.79 Å². The van der Waals surface area contributed by atoms with E-state index in [1.54, 1.807) is 0 Å². The molecule has 3 N–H and O–H groups in total. The van der Waals surface area contributed by atoms with Crippen LogP contribution in [-0.4, -0.2) is 23.4 Å². The van der Waals surface area contributed by atoms with Crippen molar-refractivity contribution in [2.75, 3.05) is 0 Å². The average Bonchev–Trinajstić information content (AvgIpc) is 1.87. The summed E-state index contributed by atoms with van der Waals surface area (Å²) in [6, 6.07) is 0. The highest BCUT2D eigenvalue weighted by molar-refractivity contribution is 5.87. The molecule has 0 saturated carbocycles. The average molecular weight is 159 g/mol. The van der Waals surface area contributed by atoms with Gasteiger partial charge in [-0.05, 0) is 13.8 Å². The molecule has 0 aliphatic carbocycles. The van der Waals surface area contributed by atoms with Crippen molar-refractivity contribution in [2.45, 2.75) is 26.2 Å². The summed E-state index contributed by atoms with van der Waals surface area (Å²) in [7, 11) is 0. The first-order valence-electron chi connectivity index (χ1n) is 3.25. The maximum Gasteiger partial charge on any atom is 0.334 e. The van der Waals surface area contributed by atoms with Crippen LogP contribution in [-0.2, 0) is 9.53 Å². The highest BCUT2D eigenvalue weighted by atomic mass is 16.6. The van der Waals surface area contributed by atoms with Gasteiger partial charge in [0.05, 0.1) is 0 Å². The molecule has 0 fully saturated rings. The molecular formula is C7H13NO3. The molecule has 4 heteroatoms. The number of carbonyl (C=O) groups is 1. The van der Waals surface area contributed by atoms with Crippen LogP contribution in [0.5, 0.6) is 0 Å². The Morgan fingerprint density at radius 2 is 2.18 bits per heavy atom. The minimum absolute atomic E-state index is 0.265. The van der Waals surface area contributed by atoms with Gasteiger partial charge in [0.2, 0.25) is 0 Å². The molecule has 2 unspecified atom stereocenters. The first-order valence-corrected chi connectivity index (χ1v) is 3.25. The number of rotatable bonds is 3. The van der Waals surface area contributed by atoms with E-state index in [9.17, 15) is 4.79 Å². The SMILES string of the molecule is C=C(C)C(=O)OC(N)C(C)O. The molecule has 0 aromatic rings. The summed E-state index contributed by atoms with van der Waals surface area (Å²) >= 11 is 0. The van der Waals surface area contributed by atoms with Gasteiger partial charge >= 0.3 is 5.97 Å². The smallest absolute Gasteiger partial charge is 0.334 e. The molecule has 4 nitrogen and oxygen atoms in total. The lowest BCUT2D eigenvalue weighted by atomic mass is 10.3. The Labute approximate surface area is 65.6 Å². The maximum atomic E-state index is 10.7. The van der Waals surface area contributed by atoms with E-state index < -0.39 is 18.3 Å². The van der Waals surface area contributed by atoms with Crippen LogP contribution in [0, 0.1) is 0 Å². The van der Waals surface area contributed by atoms with Gasteiger partial charge in [-0.1, -0.05) is 6.58 Å². The maximum absolute atomic E-state index is 10.7. The Hall–Kier alpha value is -0.870. The summed E-state index contributed by atoms with van der Waals surface area (Å²) in [5, 5.41) is 8.82. The number of hydrogen-bond donors (Lipinski definition) is 2. The third-order valence-electron chi connectivity index (χ3n) is 1.07. The van der Waals surface area contributed by atoms with Gasteiger partial charge in [0.1, 0.15) is 6.10 Å². The second kappa shape index (κ2) is 4.10. The van der Waals surface area contributed by atoms with Crippen LogP contribution in [0.4, 0.5) is 0 Å². The van der Waals surface area contributed by atoms with Crippen molar-refractivity contribution in [1.82, 2.24) is 0 Å². The van der Waals surface area contributed by atoms with Crippen molar-refractivity contribution in [3.05, 3.63) is 12.2 Å². The minimum Gasteiger partial charge on any atom is -0.441 e. The molecular weight excluding hydrogens is 146 g/mol. The van der Waals surface area contributed by atoms with Crippen LogP contribution in [0.1, 0.15) is 13.8 Å². The zero-order valence-corrected chi connectivity index (χ0v) is 6.70. The summed E-state index contributed by atoms with van der Waals surface area (Å²) in [6.07, 6.45) is -1.84. The number of carbonyl (C=O) groups excluding carboxylic acids is 1. The Bertz CT molecular complexity index is 165. The monoisotopic (exact) mass is 159 g/mol. The molecule has 2 atom stereocenters. The molecule has 0 radical (unpaired) electrons. The van der Waals surface area contributed by atoms with Crippen LogP contribution in [0.15, 0.2) is 12.2 Å². The second-order valence-corrected chi connectivity index (χ2v) is 2.39. The lowest BCUT2D eigenvalue weighted by Crippen LogP contribution is -2.37. The first-order chi connectivity index (χ1) is 4.95. The fourth-order valence-electron chi connectivity index (χ4n) is 0.323. The molecule has 0 aliphatic heterocycles. The first kappa shape index (κ1) is 10.1. The summed E-state index contributed by atoms with van der Waals surface area (Å²) < 4.78 is 4.56. The molecule has 0 aromatic carbocycles. The summed E-state index contributed by atoms with van der Waals surface area (Å²) in [4.78, 5) is 10.7. The topological polar surface area (TPSA) is 72.5 Å². The van der Waals surface area contributed by atoms with E-state index in [0.29, 0.717) is 0 Å². The number of esters is 1. The van der Waals surface area contributed by atoms with Crippen molar-refractivity contribution in [3.63, 3.8) is 0 Å².